The van der Waals surface area contributed by atoms with Crippen LogP contribution < -0.4 is 5.32 Å². The highest BCUT2D eigenvalue weighted by Crippen LogP contribution is 2.36. The lowest BCUT2D eigenvalue weighted by Gasteiger charge is -2.40. The van der Waals surface area contributed by atoms with E-state index in [0.717, 1.165) is 52.2 Å². The first-order chi connectivity index (χ1) is 11.8. The van der Waals surface area contributed by atoms with Crippen molar-refractivity contribution in [1.82, 2.24) is 14.9 Å². The molecule has 1 aromatic heterocycles. The molecular weight excluding hydrogens is 304 g/mol. The molecule has 0 aromatic carbocycles. The van der Waals surface area contributed by atoms with Crippen molar-refractivity contribution in [2.45, 2.75) is 56.8 Å². The zero-order chi connectivity index (χ0) is 16.2. The third kappa shape index (κ3) is 3.87. The maximum Gasteiger partial charge on any atom is 0.222 e. The van der Waals surface area contributed by atoms with Crippen LogP contribution in [0.1, 0.15) is 44.1 Å². The Morgan fingerprint density at radius 3 is 2.75 bits per heavy atom. The van der Waals surface area contributed by atoms with Gasteiger partial charge in [-0.2, -0.15) is 0 Å². The highest BCUT2D eigenvalue weighted by Gasteiger charge is 2.39. The summed E-state index contributed by atoms with van der Waals surface area (Å²) in [5.74, 6) is 0.698. The quantitative estimate of drug-likeness (QED) is 0.892. The molecule has 6 heteroatoms. The highest BCUT2D eigenvalue weighted by atomic mass is 16.5. The zero-order valence-corrected chi connectivity index (χ0v) is 14.4. The average molecular weight is 332 g/mol. The van der Waals surface area contributed by atoms with E-state index in [1.54, 1.807) is 0 Å². The van der Waals surface area contributed by atoms with Crippen LogP contribution in [0, 0.1) is 0 Å². The summed E-state index contributed by atoms with van der Waals surface area (Å²) in [6.45, 7) is 5.49. The second-order valence-corrected chi connectivity index (χ2v) is 7.38. The maximum absolute atomic E-state index is 6.10. The van der Waals surface area contributed by atoms with E-state index in [1.165, 1.54) is 31.2 Å². The van der Waals surface area contributed by atoms with E-state index in [2.05, 4.69) is 20.2 Å². The van der Waals surface area contributed by atoms with Crippen LogP contribution >= 0.6 is 0 Å². The van der Waals surface area contributed by atoms with E-state index in [0.29, 0.717) is 12.1 Å². The van der Waals surface area contributed by atoms with Gasteiger partial charge in [-0.25, -0.2) is 9.97 Å². The molecule has 3 aliphatic rings. The van der Waals surface area contributed by atoms with Crippen molar-refractivity contribution in [2.24, 2.45) is 0 Å². The first-order valence-corrected chi connectivity index (χ1v) is 9.34. The van der Waals surface area contributed by atoms with Crippen LogP contribution in [-0.2, 0) is 16.0 Å². The van der Waals surface area contributed by atoms with Crippen LogP contribution in [0.15, 0.2) is 12.4 Å². The van der Waals surface area contributed by atoms with Gasteiger partial charge in [-0.3, -0.25) is 4.90 Å². The summed E-state index contributed by atoms with van der Waals surface area (Å²) < 4.78 is 11.7. The number of hydrogen-bond acceptors (Lipinski definition) is 6. The molecule has 24 heavy (non-hydrogen) atoms. The molecule has 3 fully saturated rings. The Balaban J connectivity index is 1.28. The highest BCUT2D eigenvalue weighted by molar-refractivity contribution is 5.25. The summed E-state index contributed by atoms with van der Waals surface area (Å²) >= 11 is 0. The van der Waals surface area contributed by atoms with Crippen molar-refractivity contribution < 1.29 is 9.47 Å². The minimum atomic E-state index is 0.127. The van der Waals surface area contributed by atoms with Gasteiger partial charge in [0.1, 0.15) is 0 Å². The van der Waals surface area contributed by atoms with Gasteiger partial charge >= 0.3 is 0 Å². The standard InChI is InChI=1S/C18H28N4O2/c1-2-6-18(5-1)14-22(7-9-24-18)13-15-10-19-17(20-11-15)21-12-16-4-3-8-23-16/h10-11,16H,1-9,12-14H2,(H,19,20,21)/t16-/m1/s1. The van der Waals surface area contributed by atoms with E-state index >= 15 is 0 Å². The number of morpholine rings is 1. The predicted octanol–water partition coefficient (Wildman–Crippen LogP) is 2.21. The number of nitrogens with one attached hydrogen (secondary N) is 1. The SMILES string of the molecule is c1nc(NC[C@H]2CCCO2)ncc1CN1CCOC2(CCCC2)C1. The first kappa shape index (κ1) is 16.2. The van der Waals surface area contributed by atoms with Crippen molar-refractivity contribution in [3.8, 4) is 0 Å². The van der Waals surface area contributed by atoms with Gasteiger partial charge in [0.15, 0.2) is 0 Å². The summed E-state index contributed by atoms with van der Waals surface area (Å²) in [4.78, 5) is 11.4. The summed E-state index contributed by atoms with van der Waals surface area (Å²) in [6, 6.07) is 0. The second kappa shape index (κ2) is 7.33. The van der Waals surface area contributed by atoms with Crippen molar-refractivity contribution in [2.75, 3.05) is 38.2 Å². The monoisotopic (exact) mass is 332 g/mol. The molecule has 1 saturated carbocycles. The van der Waals surface area contributed by atoms with Gasteiger partial charge in [-0.1, -0.05) is 12.8 Å². The molecule has 0 radical (unpaired) electrons. The molecular formula is C18H28N4O2. The number of ether oxygens (including phenoxy) is 2. The lowest BCUT2D eigenvalue weighted by Crippen LogP contribution is -2.49. The van der Waals surface area contributed by atoms with E-state index in [-0.39, 0.29) is 5.60 Å². The van der Waals surface area contributed by atoms with Gasteiger partial charge in [-0.05, 0) is 25.7 Å². The molecule has 0 amide bonds. The number of rotatable bonds is 5. The van der Waals surface area contributed by atoms with Crippen molar-refractivity contribution in [3.05, 3.63) is 18.0 Å². The van der Waals surface area contributed by atoms with E-state index in [1.807, 2.05) is 12.4 Å². The molecule has 1 spiro atoms. The first-order valence-electron chi connectivity index (χ1n) is 9.34. The Labute approximate surface area is 143 Å². The summed E-state index contributed by atoms with van der Waals surface area (Å²) in [5, 5.41) is 3.28. The normalized spacial score (nSPS) is 26.9. The molecule has 0 bridgehead atoms. The minimum absolute atomic E-state index is 0.127. The molecule has 1 atom stereocenters. The van der Waals surface area contributed by atoms with Crippen LogP contribution in [0.2, 0.25) is 0 Å². The second-order valence-electron chi connectivity index (χ2n) is 7.38. The zero-order valence-electron chi connectivity index (χ0n) is 14.4. The maximum atomic E-state index is 6.10. The third-order valence-electron chi connectivity index (χ3n) is 5.47. The Hall–Kier alpha value is -1.24. The molecule has 0 unspecified atom stereocenters. The molecule has 3 heterocycles. The summed E-state index contributed by atoms with van der Waals surface area (Å²) in [7, 11) is 0. The van der Waals surface area contributed by atoms with Crippen molar-refractivity contribution in [1.29, 1.82) is 0 Å². The van der Waals surface area contributed by atoms with Gasteiger partial charge < -0.3 is 14.8 Å². The fourth-order valence-electron chi connectivity index (χ4n) is 4.18. The Kier molecular flexibility index (Phi) is 4.96. The van der Waals surface area contributed by atoms with Crippen LogP contribution in [0.3, 0.4) is 0 Å². The van der Waals surface area contributed by atoms with Gasteiger partial charge in [-0.15, -0.1) is 0 Å². The molecule has 1 aromatic rings. The van der Waals surface area contributed by atoms with Crippen molar-refractivity contribution in [3.63, 3.8) is 0 Å². The molecule has 2 aliphatic heterocycles. The lowest BCUT2D eigenvalue weighted by atomic mass is 9.99. The third-order valence-corrected chi connectivity index (χ3v) is 5.47. The van der Waals surface area contributed by atoms with E-state index in [9.17, 15) is 0 Å². The topological polar surface area (TPSA) is 59.5 Å². The number of hydrogen-bond donors (Lipinski definition) is 1. The van der Waals surface area contributed by atoms with Gasteiger partial charge in [0.2, 0.25) is 5.95 Å². The smallest absolute Gasteiger partial charge is 0.222 e. The van der Waals surface area contributed by atoms with Gasteiger partial charge in [0.25, 0.3) is 0 Å². The number of anilines is 1. The molecule has 2 saturated heterocycles. The number of aromatic nitrogens is 2. The fraction of sp³-hybridized carbons (Fsp3) is 0.778. The van der Waals surface area contributed by atoms with Crippen LogP contribution in [0.4, 0.5) is 5.95 Å². The predicted molar refractivity (Wildman–Crippen MR) is 91.9 cm³/mol. The Morgan fingerprint density at radius 2 is 2.00 bits per heavy atom. The van der Waals surface area contributed by atoms with Crippen LogP contribution in [0.25, 0.3) is 0 Å². The minimum Gasteiger partial charge on any atom is -0.376 e. The molecule has 1 N–H and O–H groups in total. The molecule has 6 nitrogen and oxygen atoms in total. The Bertz CT molecular complexity index is 524. The molecule has 132 valence electrons. The molecule has 1 aliphatic carbocycles. The van der Waals surface area contributed by atoms with Crippen LogP contribution in [-0.4, -0.2) is 59.4 Å². The van der Waals surface area contributed by atoms with Gasteiger partial charge in [0, 0.05) is 50.7 Å². The Morgan fingerprint density at radius 1 is 1.17 bits per heavy atom. The number of nitrogens with zero attached hydrogens (tertiary/aromatic N) is 3. The molecule has 4 rings (SSSR count). The van der Waals surface area contributed by atoms with E-state index in [4.69, 9.17) is 9.47 Å². The largest absolute Gasteiger partial charge is 0.376 e. The summed E-state index contributed by atoms with van der Waals surface area (Å²) in [6.07, 6.45) is 11.5. The average Bonchev–Trinajstić information content (AvgIpc) is 3.27. The van der Waals surface area contributed by atoms with E-state index < -0.39 is 0 Å². The fourth-order valence-corrected chi connectivity index (χ4v) is 4.18. The lowest BCUT2D eigenvalue weighted by molar-refractivity contribution is -0.107. The van der Waals surface area contributed by atoms with Crippen LogP contribution in [0.5, 0.6) is 0 Å². The summed E-state index contributed by atoms with van der Waals surface area (Å²) in [5.41, 5.74) is 1.30. The van der Waals surface area contributed by atoms with Gasteiger partial charge in [0.05, 0.1) is 18.3 Å². The van der Waals surface area contributed by atoms with Crippen molar-refractivity contribution >= 4 is 5.95 Å².